The number of pyridine rings is 1. The first-order valence-corrected chi connectivity index (χ1v) is 6.15. The quantitative estimate of drug-likeness (QED) is 0.564. The van der Waals surface area contributed by atoms with E-state index in [0.717, 1.165) is 16.6 Å². The van der Waals surface area contributed by atoms with Crippen molar-refractivity contribution in [2.75, 3.05) is 0 Å². The van der Waals surface area contributed by atoms with E-state index in [-0.39, 0.29) is 5.43 Å². The number of halogens is 1. The molecule has 18 heavy (non-hydrogen) atoms. The third-order valence-corrected chi connectivity index (χ3v) is 3.72. The molecule has 0 aliphatic carbocycles. The molecule has 0 spiro atoms. The van der Waals surface area contributed by atoms with Crippen molar-refractivity contribution in [3.8, 4) is 0 Å². The zero-order valence-electron chi connectivity index (χ0n) is 10.2. The molecule has 1 heterocycles. The van der Waals surface area contributed by atoms with Gasteiger partial charge in [0.2, 0.25) is 0 Å². The lowest BCUT2D eigenvalue weighted by molar-refractivity contribution is 0.996. The Morgan fingerprint density at radius 3 is 2.61 bits per heavy atom. The molecule has 0 bridgehead atoms. The molecule has 2 aromatic carbocycles. The van der Waals surface area contributed by atoms with E-state index in [9.17, 15) is 4.79 Å². The Labute approximate surface area is 109 Å². The summed E-state index contributed by atoms with van der Waals surface area (Å²) in [7, 11) is 1.97. The predicted molar refractivity (Wildman–Crippen MR) is 76.4 cm³/mol. The summed E-state index contributed by atoms with van der Waals surface area (Å²) in [5, 5.41) is 1.83. The third-order valence-electron chi connectivity index (χ3n) is 3.40. The van der Waals surface area contributed by atoms with Crippen LogP contribution in [0.2, 0.25) is 5.02 Å². The highest BCUT2D eigenvalue weighted by Crippen LogP contribution is 2.26. The van der Waals surface area contributed by atoms with Gasteiger partial charge < -0.3 is 4.57 Å². The summed E-state index contributed by atoms with van der Waals surface area (Å²) < 4.78 is 2.04. The lowest BCUT2D eigenvalue weighted by atomic mass is 10.1. The molecule has 0 aliphatic rings. The van der Waals surface area contributed by atoms with Crippen LogP contribution in [0.25, 0.3) is 21.8 Å². The molecule has 0 radical (unpaired) electrons. The fraction of sp³-hybridized carbons (Fsp3) is 0.133. The highest BCUT2D eigenvalue weighted by Gasteiger charge is 2.12. The maximum absolute atomic E-state index is 12.5. The summed E-state index contributed by atoms with van der Waals surface area (Å²) in [4.78, 5) is 12.5. The minimum Gasteiger partial charge on any atom is -0.343 e. The summed E-state index contributed by atoms with van der Waals surface area (Å²) in [5.74, 6) is 0. The molecule has 0 atom stereocenters. The molecule has 0 saturated carbocycles. The number of benzene rings is 2. The molecule has 0 unspecified atom stereocenters. The second-order valence-electron chi connectivity index (χ2n) is 4.49. The number of hydrogen-bond acceptors (Lipinski definition) is 1. The van der Waals surface area contributed by atoms with Crippen LogP contribution in [0.5, 0.6) is 0 Å². The van der Waals surface area contributed by atoms with Gasteiger partial charge in [0.25, 0.3) is 0 Å². The van der Waals surface area contributed by atoms with Crippen molar-refractivity contribution >= 4 is 33.4 Å². The Kier molecular flexibility index (Phi) is 2.42. The Hall–Kier alpha value is -1.80. The van der Waals surface area contributed by atoms with Gasteiger partial charge in [-0.15, -0.1) is 0 Å². The molecular weight excluding hydrogens is 246 g/mol. The highest BCUT2D eigenvalue weighted by atomic mass is 35.5. The van der Waals surface area contributed by atoms with Gasteiger partial charge in [0.15, 0.2) is 5.43 Å². The number of rotatable bonds is 0. The molecule has 3 heteroatoms. The van der Waals surface area contributed by atoms with Gasteiger partial charge in [-0.25, -0.2) is 0 Å². The molecule has 3 aromatic rings. The first-order chi connectivity index (χ1) is 8.61. The SMILES string of the molecule is Cc1ccc(Cl)c2c(=O)c3ccccc3n(C)c12. The molecular formula is C15H12ClNO. The number of nitrogens with zero attached hydrogens (tertiary/aromatic N) is 1. The van der Waals surface area contributed by atoms with Crippen molar-refractivity contribution < 1.29 is 0 Å². The van der Waals surface area contributed by atoms with Crippen LogP contribution in [0.3, 0.4) is 0 Å². The molecule has 0 N–H and O–H groups in total. The van der Waals surface area contributed by atoms with E-state index in [1.807, 2.05) is 48.9 Å². The average Bonchev–Trinajstić information content (AvgIpc) is 2.38. The van der Waals surface area contributed by atoms with Crippen molar-refractivity contribution in [1.82, 2.24) is 4.57 Å². The summed E-state index contributed by atoms with van der Waals surface area (Å²) >= 11 is 6.19. The standard InChI is InChI=1S/C15H12ClNO/c1-9-7-8-11(16)13-14(9)17(2)12-6-4-3-5-10(12)15(13)18/h3-8H,1-2H3. The first kappa shape index (κ1) is 11.3. The fourth-order valence-electron chi connectivity index (χ4n) is 2.53. The maximum atomic E-state index is 12.5. The Morgan fingerprint density at radius 1 is 1.11 bits per heavy atom. The zero-order valence-corrected chi connectivity index (χ0v) is 11.0. The number of para-hydroxylation sites is 1. The molecule has 2 nitrogen and oxygen atoms in total. The van der Waals surface area contributed by atoms with Crippen LogP contribution in [0.15, 0.2) is 41.2 Å². The van der Waals surface area contributed by atoms with Crippen molar-refractivity contribution in [2.24, 2.45) is 7.05 Å². The average molecular weight is 258 g/mol. The minimum absolute atomic E-state index is 0.00685. The van der Waals surface area contributed by atoms with Gasteiger partial charge in [-0.05, 0) is 30.7 Å². The van der Waals surface area contributed by atoms with E-state index >= 15 is 0 Å². The summed E-state index contributed by atoms with van der Waals surface area (Å²) in [6.07, 6.45) is 0. The zero-order chi connectivity index (χ0) is 12.9. The lowest BCUT2D eigenvalue weighted by Gasteiger charge is -2.13. The highest BCUT2D eigenvalue weighted by molar-refractivity contribution is 6.35. The van der Waals surface area contributed by atoms with Gasteiger partial charge in [0, 0.05) is 12.4 Å². The number of aryl methyl sites for hydroxylation is 2. The van der Waals surface area contributed by atoms with Gasteiger partial charge in [0.05, 0.1) is 21.4 Å². The summed E-state index contributed by atoms with van der Waals surface area (Å²) in [5.41, 5.74) is 2.90. The smallest absolute Gasteiger partial charge is 0.198 e. The van der Waals surface area contributed by atoms with Crippen molar-refractivity contribution in [3.05, 3.63) is 57.2 Å². The van der Waals surface area contributed by atoms with Crippen LogP contribution in [0.4, 0.5) is 0 Å². The molecule has 0 fully saturated rings. The van der Waals surface area contributed by atoms with Gasteiger partial charge in [0.1, 0.15) is 0 Å². The van der Waals surface area contributed by atoms with Gasteiger partial charge in [-0.2, -0.15) is 0 Å². The van der Waals surface area contributed by atoms with Gasteiger partial charge in [-0.1, -0.05) is 29.8 Å². The minimum atomic E-state index is 0.00685. The Balaban J connectivity index is 2.77. The topological polar surface area (TPSA) is 22.0 Å². The van der Waals surface area contributed by atoms with Crippen molar-refractivity contribution in [3.63, 3.8) is 0 Å². The second kappa shape index (κ2) is 3.85. The monoisotopic (exact) mass is 257 g/mol. The first-order valence-electron chi connectivity index (χ1n) is 5.78. The largest absolute Gasteiger partial charge is 0.343 e. The lowest BCUT2D eigenvalue weighted by Crippen LogP contribution is -2.10. The van der Waals surface area contributed by atoms with E-state index in [2.05, 4.69) is 0 Å². The number of fused-ring (bicyclic) bond motifs is 2. The van der Waals surface area contributed by atoms with Gasteiger partial charge >= 0.3 is 0 Å². The van der Waals surface area contributed by atoms with E-state index in [1.54, 1.807) is 6.07 Å². The number of hydrogen-bond donors (Lipinski definition) is 0. The van der Waals surface area contributed by atoms with Crippen LogP contribution in [-0.2, 0) is 7.05 Å². The third kappa shape index (κ3) is 1.39. The maximum Gasteiger partial charge on any atom is 0.198 e. The molecule has 0 saturated heterocycles. The van der Waals surface area contributed by atoms with Crippen LogP contribution >= 0.6 is 11.6 Å². The van der Waals surface area contributed by atoms with Gasteiger partial charge in [-0.3, -0.25) is 4.79 Å². The van der Waals surface area contributed by atoms with E-state index in [4.69, 9.17) is 11.6 Å². The summed E-state index contributed by atoms with van der Waals surface area (Å²) in [6, 6.07) is 11.3. The molecule has 3 rings (SSSR count). The normalized spacial score (nSPS) is 11.3. The van der Waals surface area contributed by atoms with Crippen LogP contribution in [-0.4, -0.2) is 4.57 Å². The Bertz CT molecular complexity index is 833. The van der Waals surface area contributed by atoms with Crippen molar-refractivity contribution in [1.29, 1.82) is 0 Å². The Morgan fingerprint density at radius 2 is 1.83 bits per heavy atom. The van der Waals surface area contributed by atoms with E-state index in [1.165, 1.54) is 0 Å². The van der Waals surface area contributed by atoms with Crippen LogP contribution < -0.4 is 5.43 Å². The van der Waals surface area contributed by atoms with E-state index in [0.29, 0.717) is 15.8 Å². The van der Waals surface area contributed by atoms with Crippen molar-refractivity contribution in [2.45, 2.75) is 6.92 Å². The second-order valence-corrected chi connectivity index (χ2v) is 4.90. The number of aromatic nitrogens is 1. The van der Waals surface area contributed by atoms with E-state index < -0.39 is 0 Å². The van der Waals surface area contributed by atoms with Crippen LogP contribution in [0.1, 0.15) is 5.56 Å². The predicted octanol–water partition coefficient (Wildman–Crippen LogP) is 3.65. The molecule has 0 aliphatic heterocycles. The molecule has 1 aromatic heterocycles. The fourth-order valence-corrected chi connectivity index (χ4v) is 2.77. The summed E-state index contributed by atoms with van der Waals surface area (Å²) in [6.45, 7) is 1.99. The molecule has 0 amide bonds. The molecule has 90 valence electrons. The van der Waals surface area contributed by atoms with Crippen LogP contribution in [0, 0.1) is 6.92 Å².